The van der Waals surface area contributed by atoms with Gasteiger partial charge in [0.25, 0.3) is 0 Å². The van der Waals surface area contributed by atoms with E-state index in [1.54, 1.807) is 0 Å². The summed E-state index contributed by atoms with van der Waals surface area (Å²) >= 11 is 0. The Kier molecular flexibility index (Phi) is 1.51. The largest absolute Gasteiger partial charge is 0.297 e. The molecule has 0 aromatic carbocycles. The van der Waals surface area contributed by atoms with Crippen molar-refractivity contribution < 1.29 is 0 Å². The Labute approximate surface area is 50.2 Å². The molecule has 0 atom stereocenters. The van der Waals surface area contributed by atoms with Crippen LogP contribution in [0.25, 0.3) is 0 Å². The van der Waals surface area contributed by atoms with Crippen LogP contribution >= 0.6 is 0 Å². The van der Waals surface area contributed by atoms with Gasteiger partial charge in [-0.1, -0.05) is 0 Å². The third-order valence-corrected chi connectivity index (χ3v) is 1.37. The van der Waals surface area contributed by atoms with E-state index in [9.17, 15) is 0 Å². The summed E-state index contributed by atoms with van der Waals surface area (Å²) in [6, 6.07) is 0.756. The van der Waals surface area contributed by atoms with E-state index in [1.807, 2.05) is 25.2 Å². The number of nitrogens with zero attached hydrogens (tertiary/aromatic N) is 2. The van der Waals surface area contributed by atoms with Crippen molar-refractivity contribution in [1.82, 2.24) is 5.01 Å². The number of hydrogen-bond donors (Lipinski definition) is 0. The number of hydrazone groups is 1. The van der Waals surface area contributed by atoms with E-state index in [-0.39, 0.29) is 0 Å². The van der Waals surface area contributed by atoms with Gasteiger partial charge in [0.05, 0.1) is 0 Å². The number of hydrogen-bond acceptors (Lipinski definition) is 2. The summed E-state index contributed by atoms with van der Waals surface area (Å²) in [5, 5.41) is 6.12. The summed E-state index contributed by atoms with van der Waals surface area (Å²) in [5.74, 6) is 0. The molecule has 0 amide bonds. The van der Waals surface area contributed by atoms with Crippen molar-refractivity contribution in [3.05, 3.63) is 0 Å². The highest BCUT2D eigenvalue weighted by molar-refractivity contribution is 5.52. The summed E-state index contributed by atoms with van der Waals surface area (Å²) in [7, 11) is 2.03. The summed E-state index contributed by atoms with van der Waals surface area (Å²) in [6.07, 6.45) is 4.49. The van der Waals surface area contributed by atoms with Crippen LogP contribution in [0.3, 0.4) is 0 Å². The Balaban J connectivity index is 2.22. The average Bonchev–Trinajstić information content (AvgIpc) is 2.45. The van der Waals surface area contributed by atoms with Crippen LogP contribution in [0, 0.1) is 0 Å². The zero-order chi connectivity index (χ0) is 5.98. The maximum atomic E-state index is 4.09. The molecule has 46 valence electrons. The molecule has 8 heavy (non-hydrogen) atoms. The second-order valence-corrected chi connectivity index (χ2v) is 2.18. The molecular weight excluding hydrogens is 100 g/mol. The first-order valence-electron chi connectivity index (χ1n) is 3.06. The van der Waals surface area contributed by atoms with Gasteiger partial charge in [0, 0.05) is 19.3 Å². The van der Waals surface area contributed by atoms with Gasteiger partial charge in [0.1, 0.15) is 0 Å². The molecule has 0 spiro atoms. The molecule has 2 heteroatoms. The van der Waals surface area contributed by atoms with Crippen molar-refractivity contribution in [2.24, 2.45) is 5.10 Å². The topological polar surface area (TPSA) is 15.6 Å². The van der Waals surface area contributed by atoms with Crippen LogP contribution in [-0.2, 0) is 0 Å². The van der Waals surface area contributed by atoms with E-state index in [2.05, 4.69) is 5.10 Å². The van der Waals surface area contributed by atoms with Crippen LogP contribution in [0.4, 0.5) is 0 Å². The third-order valence-electron chi connectivity index (χ3n) is 1.37. The minimum Gasteiger partial charge on any atom is -0.297 e. The first-order chi connectivity index (χ1) is 3.84. The van der Waals surface area contributed by atoms with Gasteiger partial charge >= 0.3 is 0 Å². The predicted octanol–water partition coefficient (Wildman–Crippen LogP) is 1.09. The first-order valence-corrected chi connectivity index (χ1v) is 3.06. The van der Waals surface area contributed by atoms with Crippen LogP contribution < -0.4 is 0 Å². The fraction of sp³-hybridized carbons (Fsp3) is 0.833. The maximum absolute atomic E-state index is 4.09. The van der Waals surface area contributed by atoms with E-state index in [0.717, 1.165) is 6.04 Å². The van der Waals surface area contributed by atoms with Crippen LogP contribution in [0.1, 0.15) is 19.8 Å². The molecule has 0 aromatic heterocycles. The lowest BCUT2D eigenvalue weighted by molar-refractivity contribution is 0.345. The van der Waals surface area contributed by atoms with Crippen LogP contribution in [0.5, 0.6) is 0 Å². The van der Waals surface area contributed by atoms with Crippen molar-refractivity contribution >= 4 is 6.21 Å². The maximum Gasteiger partial charge on any atom is 0.0468 e. The Morgan fingerprint density at radius 2 is 2.25 bits per heavy atom. The number of rotatable bonds is 2. The zero-order valence-electron chi connectivity index (χ0n) is 5.46. The summed E-state index contributed by atoms with van der Waals surface area (Å²) in [4.78, 5) is 0. The van der Waals surface area contributed by atoms with Crippen molar-refractivity contribution in [3.63, 3.8) is 0 Å². The van der Waals surface area contributed by atoms with Crippen molar-refractivity contribution in [1.29, 1.82) is 0 Å². The molecule has 0 heterocycles. The fourth-order valence-electron chi connectivity index (χ4n) is 0.725. The highest BCUT2D eigenvalue weighted by Crippen LogP contribution is 2.24. The summed E-state index contributed by atoms with van der Waals surface area (Å²) < 4.78 is 0. The molecule has 0 radical (unpaired) electrons. The molecule has 0 unspecified atom stereocenters. The quantitative estimate of drug-likeness (QED) is 0.385. The smallest absolute Gasteiger partial charge is 0.0468 e. The Morgan fingerprint density at radius 3 is 2.62 bits per heavy atom. The molecule has 1 rings (SSSR count). The van der Waals surface area contributed by atoms with Gasteiger partial charge in [0.15, 0.2) is 0 Å². The normalized spacial score (nSPS) is 19.8. The molecule has 0 saturated heterocycles. The van der Waals surface area contributed by atoms with Crippen LogP contribution in [0.2, 0.25) is 0 Å². The molecule has 0 bridgehead atoms. The molecule has 2 nitrogen and oxygen atoms in total. The molecule has 0 aliphatic heterocycles. The van der Waals surface area contributed by atoms with Crippen molar-refractivity contribution in [3.8, 4) is 0 Å². The zero-order valence-corrected chi connectivity index (χ0v) is 5.46. The Bertz CT molecular complexity index is 94.7. The van der Waals surface area contributed by atoms with E-state index < -0.39 is 0 Å². The van der Waals surface area contributed by atoms with Gasteiger partial charge in [-0.3, -0.25) is 5.01 Å². The Hall–Kier alpha value is -0.530. The van der Waals surface area contributed by atoms with Crippen LogP contribution in [0.15, 0.2) is 5.10 Å². The van der Waals surface area contributed by atoms with E-state index >= 15 is 0 Å². The van der Waals surface area contributed by atoms with Gasteiger partial charge in [-0.25, -0.2) is 0 Å². The first kappa shape index (κ1) is 5.60. The van der Waals surface area contributed by atoms with Gasteiger partial charge in [0.2, 0.25) is 0 Å². The SMILES string of the molecule is C/C=N\N(C)C1CC1. The molecule has 1 aliphatic carbocycles. The molecule has 1 saturated carbocycles. The second kappa shape index (κ2) is 2.16. The minimum atomic E-state index is 0.756. The average molecular weight is 112 g/mol. The molecule has 0 aromatic rings. The van der Waals surface area contributed by atoms with Gasteiger partial charge in [-0.05, 0) is 19.8 Å². The van der Waals surface area contributed by atoms with Crippen molar-refractivity contribution in [2.75, 3.05) is 7.05 Å². The van der Waals surface area contributed by atoms with E-state index in [0.29, 0.717) is 0 Å². The molecule has 1 fully saturated rings. The van der Waals surface area contributed by atoms with E-state index in [4.69, 9.17) is 0 Å². The van der Waals surface area contributed by atoms with Crippen LogP contribution in [-0.4, -0.2) is 24.3 Å². The highest BCUT2D eigenvalue weighted by Gasteiger charge is 2.24. The lowest BCUT2D eigenvalue weighted by Crippen LogP contribution is -2.12. The summed E-state index contributed by atoms with van der Waals surface area (Å²) in [6.45, 7) is 1.94. The third kappa shape index (κ3) is 1.22. The molecular formula is C6H12N2. The highest BCUT2D eigenvalue weighted by atomic mass is 15.5. The van der Waals surface area contributed by atoms with Gasteiger partial charge < -0.3 is 0 Å². The Morgan fingerprint density at radius 1 is 1.62 bits per heavy atom. The fourth-order valence-corrected chi connectivity index (χ4v) is 0.725. The monoisotopic (exact) mass is 112 g/mol. The predicted molar refractivity (Wildman–Crippen MR) is 35.0 cm³/mol. The van der Waals surface area contributed by atoms with Gasteiger partial charge in [-0.15, -0.1) is 0 Å². The standard InChI is InChI=1S/C6H12N2/c1-3-7-8(2)6-4-5-6/h3,6H,4-5H2,1-2H3/b7-3-. The lowest BCUT2D eigenvalue weighted by Gasteiger charge is -2.08. The lowest BCUT2D eigenvalue weighted by atomic mass is 10.7. The molecule has 1 aliphatic rings. The van der Waals surface area contributed by atoms with Crippen molar-refractivity contribution in [2.45, 2.75) is 25.8 Å². The summed E-state index contributed by atoms with van der Waals surface area (Å²) in [5.41, 5.74) is 0. The van der Waals surface area contributed by atoms with Gasteiger partial charge in [-0.2, -0.15) is 5.10 Å². The molecule has 0 N–H and O–H groups in total. The van der Waals surface area contributed by atoms with E-state index in [1.165, 1.54) is 12.8 Å². The minimum absolute atomic E-state index is 0.756. The second-order valence-electron chi connectivity index (χ2n) is 2.18.